The van der Waals surface area contributed by atoms with Crippen LogP contribution in [0, 0.1) is 5.92 Å². The Hall–Kier alpha value is -1.14. The van der Waals surface area contributed by atoms with Gasteiger partial charge in [0.1, 0.15) is 5.82 Å². The standard InChI is InChI=1S/C14H21BrN4O/c1-10(11(2)16)14(20)19-7-5-18(6-8-19)13-4-3-12(15)9-17-13/h3-4,9-11H,5-8,16H2,1-2H3. The second-order valence-corrected chi connectivity index (χ2v) is 6.21. The topological polar surface area (TPSA) is 62.5 Å². The van der Waals surface area contributed by atoms with Crippen LogP contribution in [0.3, 0.4) is 0 Å². The summed E-state index contributed by atoms with van der Waals surface area (Å²) < 4.78 is 0.973. The van der Waals surface area contributed by atoms with Gasteiger partial charge in [0.25, 0.3) is 0 Å². The first-order valence-electron chi connectivity index (χ1n) is 6.90. The Bertz CT molecular complexity index is 455. The molecule has 2 unspecified atom stereocenters. The summed E-state index contributed by atoms with van der Waals surface area (Å²) in [5.41, 5.74) is 5.80. The normalized spacial score (nSPS) is 18.8. The van der Waals surface area contributed by atoms with Gasteiger partial charge >= 0.3 is 0 Å². The molecule has 1 aliphatic heterocycles. The van der Waals surface area contributed by atoms with Gasteiger partial charge < -0.3 is 15.5 Å². The van der Waals surface area contributed by atoms with Gasteiger partial charge in [0.15, 0.2) is 0 Å². The molecule has 0 aromatic carbocycles. The second kappa shape index (κ2) is 6.54. The molecule has 2 N–H and O–H groups in total. The zero-order valence-electron chi connectivity index (χ0n) is 11.9. The maximum Gasteiger partial charge on any atom is 0.227 e. The van der Waals surface area contributed by atoms with Gasteiger partial charge in [0.2, 0.25) is 5.91 Å². The predicted octanol–water partition coefficient (Wildman–Crippen LogP) is 1.48. The van der Waals surface area contributed by atoms with Gasteiger partial charge in [-0.2, -0.15) is 0 Å². The van der Waals surface area contributed by atoms with Gasteiger partial charge in [-0.1, -0.05) is 6.92 Å². The minimum atomic E-state index is -0.118. The van der Waals surface area contributed by atoms with Crippen molar-refractivity contribution in [2.75, 3.05) is 31.1 Å². The number of rotatable bonds is 3. The van der Waals surface area contributed by atoms with E-state index in [0.717, 1.165) is 36.5 Å². The molecule has 1 aromatic rings. The molecule has 2 rings (SSSR count). The number of carbonyl (C=O) groups is 1. The van der Waals surface area contributed by atoms with Gasteiger partial charge in [-0.05, 0) is 35.0 Å². The first-order valence-corrected chi connectivity index (χ1v) is 7.69. The first kappa shape index (κ1) is 15.3. The molecule has 6 heteroatoms. The van der Waals surface area contributed by atoms with Crippen molar-refractivity contribution in [3.8, 4) is 0 Å². The highest BCUT2D eigenvalue weighted by atomic mass is 79.9. The summed E-state index contributed by atoms with van der Waals surface area (Å²) >= 11 is 3.38. The summed E-state index contributed by atoms with van der Waals surface area (Å²) in [6, 6.07) is 3.87. The lowest BCUT2D eigenvalue weighted by Crippen LogP contribution is -2.52. The van der Waals surface area contributed by atoms with Crippen LogP contribution in [-0.4, -0.2) is 48.0 Å². The lowest BCUT2D eigenvalue weighted by Gasteiger charge is -2.37. The Balaban J connectivity index is 1.92. The summed E-state index contributed by atoms with van der Waals surface area (Å²) in [4.78, 5) is 20.7. The van der Waals surface area contributed by atoms with E-state index in [0.29, 0.717) is 0 Å². The molecule has 0 saturated carbocycles. The number of nitrogens with zero attached hydrogens (tertiary/aromatic N) is 3. The maximum absolute atomic E-state index is 12.2. The van der Waals surface area contributed by atoms with E-state index >= 15 is 0 Å². The summed E-state index contributed by atoms with van der Waals surface area (Å²) in [5, 5.41) is 0. The van der Waals surface area contributed by atoms with Crippen molar-refractivity contribution < 1.29 is 4.79 Å². The Morgan fingerprint density at radius 1 is 1.30 bits per heavy atom. The Labute approximate surface area is 128 Å². The smallest absolute Gasteiger partial charge is 0.227 e. The van der Waals surface area contributed by atoms with Crippen molar-refractivity contribution in [1.29, 1.82) is 0 Å². The van der Waals surface area contributed by atoms with Gasteiger partial charge in [0, 0.05) is 42.9 Å². The number of nitrogens with two attached hydrogens (primary N) is 1. The van der Waals surface area contributed by atoms with E-state index in [-0.39, 0.29) is 17.9 Å². The van der Waals surface area contributed by atoms with E-state index in [4.69, 9.17) is 5.73 Å². The molecule has 1 amide bonds. The molecule has 20 heavy (non-hydrogen) atoms. The minimum Gasteiger partial charge on any atom is -0.353 e. The molecule has 0 aliphatic carbocycles. The largest absolute Gasteiger partial charge is 0.353 e. The fourth-order valence-electron chi connectivity index (χ4n) is 2.22. The number of halogens is 1. The third-order valence-electron chi connectivity index (χ3n) is 3.81. The monoisotopic (exact) mass is 340 g/mol. The van der Waals surface area contributed by atoms with Gasteiger partial charge in [-0.25, -0.2) is 4.98 Å². The number of hydrogen-bond donors (Lipinski definition) is 1. The first-order chi connectivity index (χ1) is 9.49. The predicted molar refractivity (Wildman–Crippen MR) is 83.5 cm³/mol. The molecule has 2 heterocycles. The molecule has 5 nitrogen and oxygen atoms in total. The van der Waals surface area contributed by atoms with Crippen LogP contribution in [0.1, 0.15) is 13.8 Å². The third-order valence-corrected chi connectivity index (χ3v) is 4.27. The number of hydrogen-bond acceptors (Lipinski definition) is 4. The summed E-state index contributed by atoms with van der Waals surface area (Å²) in [7, 11) is 0. The number of amides is 1. The highest BCUT2D eigenvalue weighted by molar-refractivity contribution is 9.10. The van der Waals surface area contributed by atoms with Crippen molar-refractivity contribution in [2.24, 2.45) is 11.7 Å². The van der Waals surface area contributed by atoms with Crippen LogP contribution in [-0.2, 0) is 4.79 Å². The van der Waals surface area contributed by atoms with E-state index in [2.05, 4.69) is 25.8 Å². The molecule has 2 atom stereocenters. The highest BCUT2D eigenvalue weighted by Crippen LogP contribution is 2.17. The van der Waals surface area contributed by atoms with Crippen molar-refractivity contribution in [1.82, 2.24) is 9.88 Å². The van der Waals surface area contributed by atoms with Crippen LogP contribution in [0.25, 0.3) is 0 Å². The van der Waals surface area contributed by atoms with Crippen LogP contribution in [0.2, 0.25) is 0 Å². The van der Waals surface area contributed by atoms with Crippen molar-refractivity contribution in [3.05, 3.63) is 22.8 Å². The van der Waals surface area contributed by atoms with Crippen LogP contribution in [0.5, 0.6) is 0 Å². The van der Waals surface area contributed by atoms with Crippen LogP contribution in [0.4, 0.5) is 5.82 Å². The number of anilines is 1. The quantitative estimate of drug-likeness (QED) is 0.905. The lowest BCUT2D eigenvalue weighted by molar-refractivity contribution is -0.135. The zero-order valence-corrected chi connectivity index (χ0v) is 13.5. The number of carbonyl (C=O) groups excluding carboxylic acids is 1. The molecule has 1 aromatic heterocycles. The lowest BCUT2D eigenvalue weighted by atomic mass is 10.0. The molecule has 0 radical (unpaired) electrons. The fraction of sp³-hybridized carbons (Fsp3) is 0.571. The SMILES string of the molecule is CC(N)C(C)C(=O)N1CCN(c2ccc(Br)cn2)CC1. The minimum absolute atomic E-state index is 0.103. The fourth-order valence-corrected chi connectivity index (χ4v) is 2.46. The molecule has 110 valence electrons. The van der Waals surface area contributed by atoms with E-state index in [1.807, 2.05) is 30.9 Å². The highest BCUT2D eigenvalue weighted by Gasteiger charge is 2.26. The molecule has 1 fully saturated rings. The maximum atomic E-state index is 12.2. The summed E-state index contributed by atoms with van der Waals surface area (Å²) in [5.74, 6) is 0.997. The van der Waals surface area contributed by atoms with E-state index in [9.17, 15) is 4.79 Å². The average molecular weight is 341 g/mol. The third kappa shape index (κ3) is 3.49. The summed E-state index contributed by atoms with van der Waals surface area (Å²) in [6.07, 6.45) is 1.80. The Morgan fingerprint density at radius 2 is 1.95 bits per heavy atom. The van der Waals surface area contributed by atoms with Gasteiger partial charge in [0.05, 0.1) is 5.92 Å². The van der Waals surface area contributed by atoms with Gasteiger partial charge in [-0.15, -0.1) is 0 Å². The number of aromatic nitrogens is 1. The van der Waals surface area contributed by atoms with Crippen LogP contribution >= 0.6 is 15.9 Å². The van der Waals surface area contributed by atoms with Crippen molar-refractivity contribution in [3.63, 3.8) is 0 Å². The molecular formula is C14H21BrN4O. The van der Waals surface area contributed by atoms with Crippen molar-refractivity contribution >= 4 is 27.7 Å². The Kier molecular flexibility index (Phi) is 4.99. The van der Waals surface area contributed by atoms with Crippen molar-refractivity contribution in [2.45, 2.75) is 19.9 Å². The van der Waals surface area contributed by atoms with E-state index < -0.39 is 0 Å². The van der Waals surface area contributed by atoms with Gasteiger partial charge in [-0.3, -0.25) is 4.79 Å². The van der Waals surface area contributed by atoms with E-state index in [1.54, 1.807) is 6.20 Å². The molecule has 1 saturated heterocycles. The van der Waals surface area contributed by atoms with E-state index in [1.165, 1.54) is 0 Å². The Morgan fingerprint density at radius 3 is 2.45 bits per heavy atom. The second-order valence-electron chi connectivity index (χ2n) is 5.29. The molecule has 0 spiro atoms. The van der Waals surface area contributed by atoms with Crippen LogP contribution < -0.4 is 10.6 Å². The number of pyridine rings is 1. The zero-order chi connectivity index (χ0) is 14.7. The average Bonchev–Trinajstić information content (AvgIpc) is 2.46. The van der Waals surface area contributed by atoms with Crippen LogP contribution in [0.15, 0.2) is 22.8 Å². The summed E-state index contributed by atoms with van der Waals surface area (Å²) in [6.45, 7) is 6.86. The number of piperazine rings is 1. The molecule has 1 aliphatic rings. The molecule has 0 bridgehead atoms. The molecular weight excluding hydrogens is 320 g/mol.